The Bertz CT molecular complexity index is 237. The van der Waals surface area contributed by atoms with E-state index in [0.29, 0.717) is 0 Å². The van der Waals surface area contributed by atoms with E-state index in [9.17, 15) is 14.4 Å². The summed E-state index contributed by atoms with van der Waals surface area (Å²) in [5.74, 6) is -0.329. The highest BCUT2D eigenvalue weighted by Crippen LogP contribution is 1.73. The molecule has 0 unspecified atom stereocenters. The van der Waals surface area contributed by atoms with Gasteiger partial charge in [-0.2, -0.15) is 0 Å². The zero-order valence-electron chi connectivity index (χ0n) is 8.38. The van der Waals surface area contributed by atoms with Gasteiger partial charge in [0.25, 0.3) is 0 Å². The Labute approximate surface area is 96.5 Å². The molecule has 2 N–H and O–H groups in total. The monoisotopic (exact) mass is 254 g/mol. The van der Waals surface area contributed by atoms with Gasteiger partial charge in [-0.3, -0.25) is 4.79 Å². The Morgan fingerprint density at radius 1 is 1.19 bits per heavy atom. The van der Waals surface area contributed by atoms with Crippen molar-refractivity contribution in [1.82, 2.24) is 0 Å². The molecular formula is C8H11ClO7. The minimum absolute atomic E-state index is 0.329. The second-order valence-electron chi connectivity index (χ2n) is 1.56. The number of esters is 1. The molecule has 0 fully saturated rings. The highest BCUT2D eigenvalue weighted by Gasteiger charge is 2.01. The maximum atomic E-state index is 9.75. The Morgan fingerprint density at radius 3 is 1.50 bits per heavy atom. The lowest BCUT2D eigenvalue weighted by atomic mass is 10.8. The van der Waals surface area contributed by atoms with E-state index in [2.05, 4.69) is 22.6 Å². The first kappa shape index (κ1) is 19.5. The summed E-state index contributed by atoms with van der Waals surface area (Å²) in [6.45, 7) is 7.61. The van der Waals surface area contributed by atoms with Crippen LogP contribution in [0.5, 0.6) is 0 Å². The molecule has 7 nitrogen and oxygen atoms in total. The second kappa shape index (κ2) is 15.5. The molecule has 0 bridgehead atoms. The summed E-state index contributed by atoms with van der Waals surface area (Å²) >= 11 is 4.76. The van der Waals surface area contributed by atoms with E-state index in [-0.39, 0.29) is 5.97 Å². The number of rotatable bonds is 1. The summed E-state index contributed by atoms with van der Waals surface area (Å²) in [7, 11) is 0. The van der Waals surface area contributed by atoms with Crippen LogP contribution in [0, 0.1) is 0 Å². The van der Waals surface area contributed by atoms with Gasteiger partial charge in [-0.15, -0.1) is 0 Å². The van der Waals surface area contributed by atoms with Gasteiger partial charge in [0.05, 0.1) is 6.26 Å². The van der Waals surface area contributed by atoms with Crippen molar-refractivity contribution in [2.75, 3.05) is 0 Å². The normalized spacial score (nSPS) is 6.62. The Kier molecular flexibility index (Phi) is 18.9. The number of carboxylic acid groups (broad SMARTS) is 2. The molecule has 0 rings (SSSR count). The van der Waals surface area contributed by atoms with Gasteiger partial charge in [0.1, 0.15) is 0 Å². The van der Waals surface area contributed by atoms with Gasteiger partial charge in [0.15, 0.2) is 0 Å². The molecular weight excluding hydrogens is 244 g/mol. The smallest absolute Gasteiger partial charge is 0.449 e. The molecule has 0 aromatic rings. The van der Waals surface area contributed by atoms with Crippen LogP contribution < -0.4 is 0 Å². The SMILES string of the molecule is C=CCl.C=COC(C)=O.O=C(O)OC(=O)O. The lowest BCUT2D eigenvalue weighted by molar-refractivity contribution is -0.135. The van der Waals surface area contributed by atoms with Gasteiger partial charge in [0.2, 0.25) is 0 Å². The number of halogens is 1. The molecule has 0 radical (unpaired) electrons. The van der Waals surface area contributed by atoms with Crippen LogP contribution >= 0.6 is 11.6 Å². The number of ether oxygens (including phenoxy) is 2. The quantitative estimate of drug-likeness (QED) is 0.420. The van der Waals surface area contributed by atoms with E-state index in [1.165, 1.54) is 12.5 Å². The lowest BCUT2D eigenvalue weighted by Gasteiger charge is -1.84. The summed E-state index contributed by atoms with van der Waals surface area (Å²) in [5.41, 5.74) is 1.22. The minimum Gasteiger partial charge on any atom is -0.449 e. The maximum Gasteiger partial charge on any atom is 0.516 e. The van der Waals surface area contributed by atoms with E-state index >= 15 is 0 Å². The Balaban J connectivity index is -0.000000172. The van der Waals surface area contributed by atoms with E-state index < -0.39 is 12.3 Å². The molecule has 16 heavy (non-hydrogen) atoms. The summed E-state index contributed by atoms with van der Waals surface area (Å²) in [4.78, 5) is 28.2. The van der Waals surface area contributed by atoms with Crippen LogP contribution in [0.15, 0.2) is 25.0 Å². The average molecular weight is 255 g/mol. The van der Waals surface area contributed by atoms with Crippen LogP contribution in [-0.2, 0) is 14.3 Å². The summed E-state index contributed by atoms with van der Waals surface area (Å²) in [6.07, 6.45) is -2.53. The predicted molar refractivity (Wildman–Crippen MR) is 55.1 cm³/mol. The number of carbonyl (C=O) groups excluding carboxylic acids is 1. The van der Waals surface area contributed by atoms with Gasteiger partial charge in [-0.05, 0) is 5.54 Å². The van der Waals surface area contributed by atoms with Gasteiger partial charge < -0.3 is 19.7 Å². The van der Waals surface area contributed by atoms with Crippen LogP contribution in [0.3, 0.4) is 0 Å². The highest BCUT2D eigenvalue weighted by atomic mass is 35.5. The van der Waals surface area contributed by atoms with Gasteiger partial charge in [-0.25, -0.2) is 9.59 Å². The molecule has 0 heterocycles. The second-order valence-corrected chi connectivity index (χ2v) is 1.87. The van der Waals surface area contributed by atoms with Crippen LogP contribution in [0.1, 0.15) is 6.92 Å². The van der Waals surface area contributed by atoms with Crippen LogP contribution in [0.4, 0.5) is 9.59 Å². The third-order valence-corrected chi connectivity index (χ3v) is 0.424. The number of carbonyl (C=O) groups is 3. The fraction of sp³-hybridized carbons (Fsp3) is 0.125. The van der Waals surface area contributed by atoms with Crippen molar-refractivity contribution in [3.05, 3.63) is 25.0 Å². The number of hydrogen-bond acceptors (Lipinski definition) is 5. The summed E-state index contributed by atoms with van der Waals surface area (Å²) in [5, 5.41) is 15.0. The molecule has 0 atom stereocenters. The first-order chi connectivity index (χ1) is 7.31. The topological polar surface area (TPSA) is 110 Å². The first-order valence-electron chi connectivity index (χ1n) is 3.44. The van der Waals surface area contributed by atoms with Gasteiger partial charge >= 0.3 is 18.3 Å². The molecule has 0 aromatic heterocycles. The summed E-state index contributed by atoms with van der Waals surface area (Å²) < 4.78 is 7.25. The molecule has 0 aliphatic rings. The van der Waals surface area contributed by atoms with E-state index in [1.54, 1.807) is 0 Å². The molecule has 0 aliphatic carbocycles. The first-order valence-corrected chi connectivity index (χ1v) is 3.88. The third kappa shape index (κ3) is 58.2. The maximum absolute atomic E-state index is 9.75. The van der Waals surface area contributed by atoms with Gasteiger partial charge in [-0.1, -0.05) is 24.8 Å². The average Bonchev–Trinajstić information content (AvgIpc) is 2.02. The van der Waals surface area contributed by atoms with Crippen molar-refractivity contribution in [3.63, 3.8) is 0 Å². The van der Waals surface area contributed by atoms with Crippen LogP contribution in [0.2, 0.25) is 0 Å². The fourth-order valence-corrected chi connectivity index (χ4v) is 0.192. The van der Waals surface area contributed by atoms with Crippen molar-refractivity contribution in [2.24, 2.45) is 0 Å². The lowest BCUT2D eigenvalue weighted by Crippen LogP contribution is -2.05. The zero-order valence-corrected chi connectivity index (χ0v) is 9.14. The minimum atomic E-state index is -1.81. The van der Waals surface area contributed by atoms with Crippen molar-refractivity contribution >= 4 is 29.9 Å². The summed E-state index contributed by atoms with van der Waals surface area (Å²) in [6, 6.07) is 0. The van der Waals surface area contributed by atoms with Crippen LogP contribution in [0.25, 0.3) is 0 Å². The molecule has 8 heteroatoms. The molecule has 0 saturated carbocycles. The largest absolute Gasteiger partial charge is 0.516 e. The van der Waals surface area contributed by atoms with Crippen molar-refractivity contribution < 1.29 is 34.1 Å². The van der Waals surface area contributed by atoms with Gasteiger partial charge in [0, 0.05) is 6.92 Å². The highest BCUT2D eigenvalue weighted by molar-refractivity contribution is 6.25. The molecule has 0 aliphatic heterocycles. The van der Waals surface area contributed by atoms with Crippen molar-refractivity contribution in [3.8, 4) is 0 Å². The molecule has 92 valence electrons. The molecule has 0 saturated heterocycles. The Hall–Kier alpha value is -2.02. The molecule has 0 spiro atoms. The Morgan fingerprint density at radius 2 is 1.50 bits per heavy atom. The van der Waals surface area contributed by atoms with E-state index in [4.69, 9.17) is 21.8 Å². The number of hydrogen-bond donors (Lipinski definition) is 2. The molecule has 0 amide bonds. The van der Waals surface area contributed by atoms with Crippen LogP contribution in [-0.4, -0.2) is 28.5 Å². The van der Waals surface area contributed by atoms with Crippen molar-refractivity contribution in [1.29, 1.82) is 0 Å². The van der Waals surface area contributed by atoms with Crippen molar-refractivity contribution in [2.45, 2.75) is 6.92 Å². The zero-order chi connectivity index (χ0) is 13.6. The van der Waals surface area contributed by atoms with E-state index in [1.807, 2.05) is 0 Å². The fourth-order valence-electron chi connectivity index (χ4n) is 0.192. The molecule has 0 aromatic carbocycles. The third-order valence-electron chi connectivity index (χ3n) is 0.424. The standard InChI is InChI=1S/C4H6O2.C2H3Cl.C2H2O5/c1-3-6-4(2)5;1-2-3;3-1(4)7-2(5)6/h3H,1H2,2H3;2H,1H2;(H,3,4)(H,5,6). The van der Waals surface area contributed by atoms with E-state index in [0.717, 1.165) is 6.26 Å². The predicted octanol–water partition coefficient (Wildman–Crippen LogP) is 2.42.